The zero-order valence-electron chi connectivity index (χ0n) is 9.91. The van der Waals surface area contributed by atoms with Gasteiger partial charge in [-0.2, -0.15) is 0 Å². The second kappa shape index (κ2) is 6.21. The van der Waals surface area contributed by atoms with E-state index in [2.05, 4.69) is 29.8 Å². The van der Waals surface area contributed by atoms with Crippen LogP contribution in [-0.2, 0) is 14.8 Å². The third-order valence-corrected chi connectivity index (χ3v) is 4.52. The van der Waals surface area contributed by atoms with Gasteiger partial charge < -0.3 is 0 Å². The van der Waals surface area contributed by atoms with Crippen molar-refractivity contribution < 1.29 is 8.42 Å². The number of rotatable bonds is 5. The summed E-state index contributed by atoms with van der Waals surface area (Å²) in [4.78, 5) is 0. The average molecular weight is 340 g/mol. The fourth-order valence-electron chi connectivity index (χ4n) is 1.92. The van der Waals surface area contributed by atoms with Crippen LogP contribution in [0.3, 0.4) is 0 Å². The molecule has 0 amide bonds. The lowest BCUT2D eigenvalue weighted by molar-refractivity contribution is 0.608. The van der Waals surface area contributed by atoms with E-state index in [9.17, 15) is 8.42 Å². The maximum absolute atomic E-state index is 11.0. The van der Waals surface area contributed by atoms with E-state index >= 15 is 0 Å². The standard InChI is InChI=1S/C12H16BrClO2S/c1-3-10(4-2)11-6-5-9(7-12(11)13)8-17(14,15)16/h5-7,10H,3-4,8H2,1-2H3. The molecule has 1 rings (SSSR count). The van der Waals surface area contributed by atoms with Gasteiger partial charge in [0.1, 0.15) is 0 Å². The summed E-state index contributed by atoms with van der Waals surface area (Å²) >= 11 is 3.50. The SMILES string of the molecule is CCC(CC)c1ccc(CS(=O)(=O)Cl)cc1Br. The number of hydrogen-bond acceptors (Lipinski definition) is 2. The first-order valence-electron chi connectivity index (χ1n) is 5.58. The van der Waals surface area contributed by atoms with Crippen LogP contribution in [0.5, 0.6) is 0 Å². The predicted octanol–water partition coefficient (Wildman–Crippen LogP) is 4.42. The topological polar surface area (TPSA) is 34.1 Å². The minimum Gasteiger partial charge on any atom is -0.212 e. The van der Waals surface area contributed by atoms with Crippen LogP contribution in [0.1, 0.15) is 43.7 Å². The van der Waals surface area contributed by atoms with Crippen LogP contribution in [0.15, 0.2) is 22.7 Å². The maximum atomic E-state index is 11.0. The van der Waals surface area contributed by atoms with E-state index in [1.165, 1.54) is 5.56 Å². The minimum atomic E-state index is -3.49. The van der Waals surface area contributed by atoms with Crippen LogP contribution in [-0.4, -0.2) is 8.42 Å². The molecule has 0 saturated carbocycles. The third-order valence-electron chi connectivity index (χ3n) is 2.83. The summed E-state index contributed by atoms with van der Waals surface area (Å²) in [7, 11) is 1.75. The van der Waals surface area contributed by atoms with Crippen LogP contribution in [0.4, 0.5) is 0 Å². The summed E-state index contributed by atoms with van der Waals surface area (Å²) in [6.07, 6.45) is 2.14. The molecule has 0 aliphatic carbocycles. The van der Waals surface area contributed by atoms with Gasteiger partial charge in [-0.15, -0.1) is 0 Å². The molecule has 0 aliphatic heterocycles. The van der Waals surface area contributed by atoms with E-state index in [-0.39, 0.29) is 5.75 Å². The lowest BCUT2D eigenvalue weighted by Crippen LogP contribution is -2.00. The molecule has 0 atom stereocenters. The smallest absolute Gasteiger partial charge is 0.212 e. The van der Waals surface area contributed by atoms with E-state index in [4.69, 9.17) is 10.7 Å². The van der Waals surface area contributed by atoms with Crippen molar-refractivity contribution in [2.24, 2.45) is 0 Å². The van der Waals surface area contributed by atoms with Gasteiger partial charge in [0.05, 0.1) is 5.75 Å². The van der Waals surface area contributed by atoms with Crippen molar-refractivity contribution in [3.05, 3.63) is 33.8 Å². The largest absolute Gasteiger partial charge is 0.236 e. The molecule has 2 nitrogen and oxygen atoms in total. The lowest BCUT2D eigenvalue weighted by atomic mass is 9.93. The Labute approximate surface area is 116 Å². The Morgan fingerprint density at radius 3 is 2.29 bits per heavy atom. The van der Waals surface area contributed by atoms with Crippen LogP contribution in [0.25, 0.3) is 0 Å². The van der Waals surface area contributed by atoms with E-state index in [1.54, 1.807) is 0 Å². The van der Waals surface area contributed by atoms with Crippen molar-refractivity contribution in [2.45, 2.75) is 38.4 Å². The summed E-state index contributed by atoms with van der Waals surface area (Å²) in [6.45, 7) is 4.30. The maximum Gasteiger partial charge on any atom is 0.236 e. The van der Waals surface area contributed by atoms with Crippen LogP contribution >= 0.6 is 26.6 Å². The molecule has 0 radical (unpaired) electrons. The molecular formula is C12H16BrClO2S. The zero-order valence-corrected chi connectivity index (χ0v) is 13.1. The van der Waals surface area contributed by atoms with Crippen molar-refractivity contribution in [1.29, 1.82) is 0 Å². The van der Waals surface area contributed by atoms with E-state index in [1.807, 2.05) is 18.2 Å². The third kappa shape index (κ3) is 4.60. The Kier molecular flexibility index (Phi) is 5.48. The van der Waals surface area contributed by atoms with Gasteiger partial charge in [0.25, 0.3) is 0 Å². The lowest BCUT2D eigenvalue weighted by Gasteiger charge is -2.15. The fourth-order valence-corrected chi connectivity index (χ4v) is 3.62. The second-order valence-corrected chi connectivity index (χ2v) is 7.68. The van der Waals surface area contributed by atoms with Gasteiger partial charge in [-0.1, -0.05) is 41.9 Å². The Morgan fingerprint density at radius 2 is 1.88 bits per heavy atom. The highest BCUT2D eigenvalue weighted by atomic mass is 79.9. The second-order valence-electron chi connectivity index (χ2n) is 4.05. The van der Waals surface area contributed by atoms with Crippen LogP contribution in [0.2, 0.25) is 0 Å². The molecule has 0 heterocycles. The molecular weight excluding hydrogens is 324 g/mol. The van der Waals surface area contributed by atoms with Gasteiger partial charge >= 0.3 is 0 Å². The molecule has 5 heteroatoms. The predicted molar refractivity (Wildman–Crippen MR) is 75.9 cm³/mol. The van der Waals surface area contributed by atoms with Gasteiger partial charge in [0, 0.05) is 15.2 Å². The number of halogens is 2. The first-order valence-corrected chi connectivity index (χ1v) is 8.85. The highest BCUT2D eigenvalue weighted by Crippen LogP contribution is 2.31. The molecule has 1 aromatic rings. The molecule has 96 valence electrons. The fraction of sp³-hybridized carbons (Fsp3) is 0.500. The Balaban J connectivity index is 3.01. The van der Waals surface area contributed by atoms with Crippen molar-refractivity contribution >= 4 is 35.7 Å². The van der Waals surface area contributed by atoms with Crippen molar-refractivity contribution in [1.82, 2.24) is 0 Å². The van der Waals surface area contributed by atoms with Gasteiger partial charge in [-0.3, -0.25) is 0 Å². The molecule has 0 spiro atoms. The van der Waals surface area contributed by atoms with E-state index < -0.39 is 9.05 Å². The molecule has 17 heavy (non-hydrogen) atoms. The summed E-state index contributed by atoms with van der Waals surface area (Å²) in [6, 6.07) is 5.66. The quantitative estimate of drug-likeness (QED) is 0.744. The molecule has 0 N–H and O–H groups in total. The highest BCUT2D eigenvalue weighted by molar-refractivity contribution is 9.10. The summed E-state index contributed by atoms with van der Waals surface area (Å²) < 4.78 is 22.9. The first kappa shape index (κ1) is 15.0. The van der Waals surface area contributed by atoms with Gasteiger partial charge in [0.15, 0.2) is 0 Å². The van der Waals surface area contributed by atoms with E-state index in [0.717, 1.165) is 17.3 Å². The molecule has 0 unspecified atom stereocenters. The normalized spacial score (nSPS) is 12.1. The number of hydrogen-bond donors (Lipinski definition) is 0. The Bertz CT molecular complexity index is 481. The molecule has 0 saturated heterocycles. The summed E-state index contributed by atoms with van der Waals surface area (Å²) in [5, 5.41) is 0. The highest BCUT2D eigenvalue weighted by Gasteiger charge is 2.13. The zero-order chi connectivity index (χ0) is 13.1. The molecule has 0 aliphatic rings. The van der Waals surface area contributed by atoms with Gasteiger partial charge in [-0.25, -0.2) is 8.42 Å². The minimum absolute atomic E-state index is 0.129. The van der Waals surface area contributed by atoms with Crippen molar-refractivity contribution in [2.75, 3.05) is 0 Å². The Hall–Kier alpha value is -0.0600. The van der Waals surface area contributed by atoms with Gasteiger partial charge in [0.2, 0.25) is 9.05 Å². The summed E-state index contributed by atoms with van der Waals surface area (Å²) in [5.41, 5.74) is 1.94. The average Bonchev–Trinajstić information content (AvgIpc) is 2.20. The molecule has 0 fully saturated rings. The summed E-state index contributed by atoms with van der Waals surface area (Å²) in [5.74, 6) is 0.377. The van der Waals surface area contributed by atoms with Crippen LogP contribution < -0.4 is 0 Å². The van der Waals surface area contributed by atoms with Gasteiger partial charge in [-0.05, 0) is 36.0 Å². The molecule has 0 aromatic heterocycles. The first-order chi connectivity index (χ1) is 7.87. The molecule has 0 bridgehead atoms. The number of benzene rings is 1. The Morgan fingerprint density at radius 1 is 1.29 bits per heavy atom. The van der Waals surface area contributed by atoms with E-state index in [0.29, 0.717) is 11.5 Å². The molecule has 1 aromatic carbocycles. The van der Waals surface area contributed by atoms with Crippen LogP contribution in [0, 0.1) is 0 Å². The van der Waals surface area contributed by atoms with Crippen molar-refractivity contribution in [3.8, 4) is 0 Å². The van der Waals surface area contributed by atoms with Crippen molar-refractivity contribution in [3.63, 3.8) is 0 Å². The monoisotopic (exact) mass is 338 g/mol.